The molecule has 3 atom stereocenters. The lowest BCUT2D eigenvalue weighted by molar-refractivity contribution is -0.0344. The molecule has 0 radical (unpaired) electrons. The van der Waals surface area contributed by atoms with Crippen molar-refractivity contribution >= 4 is 0 Å². The molecule has 1 saturated carbocycles. The predicted octanol–water partition coefficient (Wildman–Crippen LogP) is 2.89. The van der Waals surface area contributed by atoms with Crippen LogP contribution in [0.1, 0.15) is 42.4 Å². The molecule has 2 bridgehead atoms. The van der Waals surface area contributed by atoms with Crippen molar-refractivity contribution < 1.29 is 9.47 Å². The number of piperidine rings is 1. The molecule has 2 saturated heterocycles. The second kappa shape index (κ2) is 6.64. The molecule has 1 aromatic rings. The van der Waals surface area contributed by atoms with Crippen LogP contribution in [0.2, 0.25) is 0 Å². The first-order valence-electron chi connectivity index (χ1n) is 10.2. The Kier molecular flexibility index (Phi) is 4.27. The third-order valence-electron chi connectivity index (χ3n) is 7.19. The fraction of sp³-hybridized carbons (Fsp3) is 0.682. The molecule has 26 heavy (non-hydrogen) atoms. The Morgan fingerprint density at radius 3 is 2.88 bits per heavy atom. The molecule has 138 valence electrons. The quantitative estimate of drug-likeness (QED) is 0.821. The third kappa shape index (κ3) is 2.78. The van der Waals surface area contributed by atoms with Gasteiger partial charge >= 0.3 is 0 Å². The summed E-state index contributed by atoms with van der Waals surface area (Å²) in [7, 11) is 0. The Balaban J connectivity index is 1.58. The monoisotopic (exact) mass is 352 g/mol. The summed E-state index contributed by atoms with van der Waals surface area (Å²) in [5, 5.41) is 9.44. The fourth-order valence-corrected chi connectivity index (χ4v) is 5.70. The zero-order chi connectivity index (χ0) is 17.6. The van der Waals surface area contributed by atoms with E-state index in [1.54, 1.807) is 0 Å². The molecule has 4 aliphatic rings. The van der Waals surface area contributed by atoms with Gasteiger partial charge in [-0.15, -0.1) is 0 Å². The summed E-state index contributed by atoms with van der Waals surface area (Å²) in [6, 6.07) is 9.31. The van der Waals surface area contributed by atoms with Gasteiger partial charge in [0.05, 0.1) is 31.5 Å². The smallest absolute Gasteiger partial charge is 0.0991 e. The summed E-state index contributed by atoms with van der Waals surface area (Å²) in [6.45, 7) is 5.42. The van der Waals surface area contributed by atoms with E-state index in [-0.39, 0.29) is 5.41 Å². The first-order valence-corrected chi connectivity index (χ1v) is 10.2. The van der Waals surface area contributed by atoms with Gasteiger partial charge in [0, 0.05) is 24.6 Å². The number of fused-ring (bicyclic) bond motifs is 1. The van der Waals surface area contributed by atoms with Crippen LogP contribution in [-0.2, 0) is 21.3 Å². The Bertz CT molecular complexity index is 723. The van der Waals surface area contributed by atoms with Crippen LogP contribution in [0.5, 0.6) is 0 Å². The van der Waals surface area contributed by atoms with Crippen molar-refractivity contribution in [3.63, 3.8) is 0 Å². The van der Waals surface area contributed by atoms with Gasteiger partial charge in [0.2, 0.25) is 0 Å². The average Bonchev–Trinajstić information content (AvgIpc) is 3.46. The molecule has 0 spiro atoms. The molecular weight excluding hydrogens is 324 g/mol. The molecule has 1 aromatic carbocycles. The highest BCUT2D eigenvalue weighted by Crippen LogP contribution is 2.51. The van der Waals surface area contributed by atoms with Gasteiger partial charge in [-0.2, -0.15) is 5.26 Å². The highest BCUT2D eigenvalue weighted by molar-refractivity contribution is 5.46. The normalized spacial score (nSPS) is 34.6. The summed E-state index contributed by atoms with van der Waals surface area (Å²) < 4.78 is 12.0. The van der Waals surface area contributed by atoms with Crippen LogP contribution in [-0.4, -0.2) is 50.5 Å². The van der Waals surface area contributed by atoms with Gasteiger partial charge in [0.25, 0.3) is 0 Å². The topological polar surface area (TPSA) is 45.5 Å². The zero-order valence-corrected chi connectivity index (χ0v) is 15.5. The van der Waals surface area contributed by atoms with Gasteiger partial charge in [-0.25, -0.2) is 0 Å². The first-order chi connectivity index (χ1) is 12.8. The average molecular weight is 352 g/mol. The van der Waals surface area contributed by atoms with Crippen molar-refractivity contribution in [1.82, 2.24) is 4.90 Å². The Hall–Kier alpha value is -1.41. The number of benzene rings is 1. The van der Waals surface area contributed by atoms with Crippen LogP contribution >= 0.6 is 0 Å². The summed E-state index contributed by atoms with van der Waals surface area (Å²) >= 11 is 0. The van der Waals surface area contributed by atoms with Crippen LogP contribution in [0.4, 0.5) is 0 Å². The molecule has 4 nitrogen and oxygen atoms in total. The van der Waals surface area contributed by atoms with Crippen molar-refractivity contribution in [2.24, 2.45) is 11.8 Å². The molecule has 0 N–H and O–H groups in total. The molecule has 4 heteroatoms. The van der Waals surface area contributed by atoms with E-state index in [1.807, 2.05) is 6.07 Å². The minimum atomic E-state index is 0.0544. The third-order valence-corrected chi connectivity index (χ3v) is 7.19. The fourth-order valence-electron chi connectivity index (χ4n) is 5.70. The number of nitrogens with zero attached hydrogens (tertiary/aromatic N) is 2. The number of hydrogen-bond acceptors (Lipinski definition) is 4. The summed E-state index contributed by atoms with van der Waals surface area (Å²) in [5.74, 6) is 1.49. The van der Waals surface area contributed by atoms with E-state index in [0.717, 1.165) is 50.5 Å². The van der Waals surface area contributed by atoms with Crippen LogP contribution in [0.25, 0.3) is 0 Å². The van der Waals surface area contributed by atoms with Gasteiger partial charge in [0.1, 0.15) is 0 Å². The maximum Gasteiger partial charge on any atom is 0.0991 e. The van der Waals surface area contributed by atoms with E-state index in [4.69, 9.17) is 9.47 Å². The Labute approximate surface area is 156 Å². The van der Waals surface area contributed by atoms with Crippen molar-refractivity contribution in [3.05, 3.63) is 34.9 Å². The van der Waals surface area contributed by atoms with E-state index < -0.39 is 0 Å². The number of hydrogen-bond donors (Lipinski definition) is 0. The number of likely N-dealkylation sites (tertiary alicyclic amines) is 1. The van der Waals surface area contributed by atoms with E-state index in [1.165, 1.54) is 30.5 Å². The van der Waals surface area contributed by atoms with E-state index >= 15 is 0 Å². The molecule has 0 unspecified atom stereocenters. The van der Waals surface area contributed by atoms with E-state index in [9.17, 15) is 5.26 Å². The molecule has 2 heterocycles. The lowest BCUT2D eigenvalue weighted by Gasteiger charge is -2.57. The largest absolute Gasteiger partial charge is 0.379 e. The maximum atomic E-state index is 9.44. The maximum absolute atomic E-state index is 9.44. The molecule has 3 fully saturated rings. The summed E-state index contributed by atoms with van der Waals surface area (Å²) in [4.78, 5) is 2.78. The number of rotatable bonds is 2. The number of nitriles is 1. The SMILES string of the molecule is N#Cc1ccc2c(c1)[C@]13CCN(CC4CC4)[C@H](C2)[C@@H]1CCOCCOC3. The van der Waals surface area contributed by atoms with E-state index in [2.05, 4.69) is 23.1 Å². The van der Waals surface area contributed by atoms with Gasteiger partial charge < -0.3 is 9.47 Å². The molecule has 2 aliphatic carbocycles. The highest BCUT2D eigenvalue weighted by Gasteiger charge is 2.53. The molecular formula is C22H28N2O2. The molecule has 0 aromatic heterocycles. The van der Waals surface area contributed by atoms with Crippen LogP contribution in [0.3, 0.4) is 0 Å². The predicted molar refractivity (Wildman–Crippen MR) is 99.0 cm³/mol. The minimum absolute atomic E-state index is 0.0544. The van der Waals surface area contributed by atoms with Gasteiger partial charge in [-0.05, 0) is 73.7 Å². The van der Waals surface area contributed by atoms with Crippen molar-refractivity contribution in [2.75, 3.05) is 39.5 Å². The van der Waals surface area contributed by atoms with Gasteiger partial charge in [-0.3, -0.25) is 4.90 Å². The molecule has 5 rings (SSSR count). The van der Waals surface area contributed by atoms with Crippen molar-refractivity contribution in [2.45, 2.75) is 43.6 Å². The minimum Gasteiger partial charge on any atom is -0.379 e. The number of ether oxygens (including phenoxy) is 2. The summed E-state index contributed by atoms with van der Waals surface area (Å²) in [6.07, 6.45) is 6.18. The van der Waals surface area contributed by atoms with Crippen LogP contribution in [0.15, 0.2) is 18.2 Å². The highest BCUT2D eigenvalue weighted by atomic mass is 16.5. The van der Waals surface area contributed by atoms with Gasteiger partial charge in [-0.1, -0.05) is 6.07 Å². The lowest BCUT2D eigenvalue weighted by atomic mass is 9.56. The second-order valence-corrected chi connectivity index (χ2v) is 8.66. The lowest BCUT2D eigenvalue weighted by Crippen LogP contribution is -2.62. The van der Waals surface area contributed by atoms with Crippen LogP contribution < -0.4 is 0 Å². The first kappa shape index (κ1) is 16.7. The summed E-state index contributed by atoms with van der Waals surface area (Å²) in [5.41, 5.74) is 3.67. The van der Waals surface area contributed by atoms with Crippen molar-refractivity contribution in [1.29, 1.82) is 5.26 Å². The molecule has 2 aliphatic heterocycles. The standard InChI is InChI=1S/C22H28N2O2/c23-13-17-3-4-18-12-21-19-5-8-25-9-10-26-15-22(19,20(18)11-17)6-7-24(21)14-16-1-2-16/h3-4,11,16,19,21H,1-2,5-10,12,14-15H2/t19-,21+,22-/m0/s1. The Morgan fingerprint density at radius 2 is 2.04 bits per heavy atom. The molecule has 0 amide bonds. The van der Waals surface area contributed by atoms with E-state index in [0.29, 0.717) is 25.2 Å². The second-order valence-electron chi connectivity index (χ2n) is 8.66. The zero-order valence-electron chi connectivity index (χ0n) is 15.5. The van der Waals surface area contributed by atoms with Gasteiger partial charge in [0.15, 0.2) is 0 Å². The Morgan fingerprint density at radius 1 is 1.15 bits per heavy atom. The van der Waals surface area contributed by atoms with Crippen molar-refractivity contribution in [3.8, 4) is 6.07 Å². The van der Waals surface area contributed by atoms with Crippen LogP contribution in [0, 0.1) is 23.2 Å².